The number of unbranched alkanes of at least 4 members (excludes halogenated alkanes) is 3. The summed E-state index contributed by atoms with van der Waals surface area (Å²) in [5.41, 5.74) is 23.2. The molecular formula is C42H82N10O8. The second-order valence-electron chi connectivity index (χ2n) is 17.7. The molecule has 0 aliphatic rings. The predicted octanol–water partition coefficient (Wildman–Crippen LogP) is 0.878. The third-order valence-electron chi connectivity index (χ3n) is 9.80. The lowest BCUT2D eigenvalue weighted by Gasteiger charge is -2.29. The van der Waals surface area contributed by atoms with Gasteiger partial charge < -0.3 is 59.9 Å². The van der Waals surface area contributed by atoms with Crippen molar-refractivity contribution in [1.29, 1.82) is 0 Å². The number of hydrogen-bond donors (Lipinski definition) is 11. The summed E-state index contributed by atoms with van der Waals surface area (Å²) in [4.78, 5) is 94.0. The number of carbonyl (C=O) groups excluding carboxylic acids is 6. The summed E-state index contributed by atoms with van der Waals surface area (Å²) in [6.07, 6.45) is 4.93. The van der Waals surface area contributed by atoms with Gasteiger partial charge in [0.2, 0.25) is 35.4 Å². The second kappa shape index (κ2) is 31.0. The average Bonchev–Trinajstić information content (AvgIpc) is 3.14. The Morgan fingerprint density at radius 3 is 0.917 bits per heavy atom. The Morgan fingerprint density at radius 2 is 0.633 bits per heavy atom. The molecule has 0 spiro atoms. The van der Waals surface area contributed by atoms with Crippen LogP contribution in [-0.2, 0) is 33.6 Å². The Balaban J connectivity index is 6.43. The molecule has 6 amide bonds. The molecule has 0 aromatic rings. The molecule has 0 aromatic carbocycles. The summed E-state index contributed by atoms with van der Waals surface area (Å²) in [6.45, 7) is 16.1. The van der Waals surface area contributed by atoms with E-state index in [0.29, 0.717) is 64.6 Å². The van der Waals surface area contributed by atoms with E-state index >= 15 is 0 Å². The first-order valence-corrected chi connectivity index (χ1v) is 22.1. The van der Waals surface area contributed by atoms with Crippen molar-refractivity contribution >= 4 is 41.4 Å². The highest BCUT2D eigenvalue weighted by atomic mass is 16.4. The smallest absolute Gasteiger partial charge is 0.326 e. The maximum Gasteiger partial charge on any atom is 0.326 e. The Kier molecular flexibility index (Phi) is 29.0. The topological polar surface area (TPSA) is 316 Å². The molecule has 0 heterocycles. The van der Waals surface area contributed by atoms with Gasteiger partial charge in [0.25, 0.3) is 0 Å². The molecule has 0 fully saturated rings. The molecule has 0 rings (SSSR count). The van der Waals surface area contributed by atoms with Crippen LogP contribution in [0.4, 0.5) is 0 Å². The largest absolute Gasteiger partial charge is 0.480 e. The zero-order valence-electron chi connectivity index (χ0n) is 37.8. The van der Waals surface area contributed by atoms with Crippen molar-refractivity contribution in [3.8, 4) is 0 Å². The molecular weight excluding hydrogens is 773 g/mol. The second-order valence-corrected chi connectivity index (χ2v) is 17.7. The van der Waals surface area contributed by atoms with Crippen LogP contribution in [0.3, 0.4) is 0 Å². The maximum absolute atomic E-state index is 14.0. The molecule has 18 heteroatoms. The van der Waals surface area contributed by atoms with Crippen molar-refractivity contribution in [3.63, 3.8) is 0 Å². The van der Waals surface area contributed by atoms with Crippen LogP contribution in [-0.4, -0.2) is 108 Å². The number of aliphatic carboxylic acids is 1. The molecule has 0 aromatic heterocycles. The Hall–Kier alpha value is -3.87. The van der Waals surface area contributed by atoms with Crippen molar-refractivity contribution in [2.24, 2.45) is 46.6 Å². The normalized spacial score (nSPS) is 15.1. The highest BCUT2D eigenvalue weighted by Crippen LogP contribution is 2.13. The van der Waals surface area contributed by atoms with E-state index in [9.17, 15) is 38.7 Å². The van der Waals surface area contributed by atoms with Crippen LogP contribution in [0.25, 0.3) is 0 Å². The van der Waals surface area contributed by atoms with Gasteiger partial charge in [-0.05, 0) is 127 Å². The fourth-order valence-corrected chi connectivity index (χ4v) is 6.64. The monoisotopic (exact) mass is 855 g/mol. The number of hydrogen-bond acceptors (Lipinski definition) is 11. The molecule has 0 aliphatic carbocycles. The predicted molar refractivity (Wildman–Crippen MR) is 234 cm³/mol. The van der Waals surface area contributed by atoms with Crippen molar-refractivity contribution in [2.75, 3.05) is 19.6 Å². The van der Waals surface area contributed by atoms with Gasteiger partial charge in [-0.1, -0.05) is 55.4 Å². The molecule has 0 saturated carbocycles. The van der Waals surface area contributed by atoms with Gasteiger partial charge >= 0.3 is 5.97 Å². The van der Waals surface area contributed by atoms with E-state index in [0.717, 1.165) is 0 Å². The molecule has 18 nitrogen and oxygen atoms in total. The first-order valence-electron chi connectivity index (χ1n) is 22.1. The van der Waals surface area contributed by atoms with Crippen LogP contribution in [0.15, 0.2) is 0 Å². The first kappa shape index (κ1) is 56.1. The van der Waals surface area contributed by atoms with Crippen molar-refractivity contribution in [1.82, 2.24) is 31.9 Å². The summed E-state index contributed by atoms with van der Waals surface area (Å²) >= 11 is 0. The lowest BCUT2D eigenvalue weighted by molar-refractivity contribution is -0.143. The molecule has 7 atom stereocenters. The van der Waals surface area contributed by atoms with E-state index < -0.39 is 83.7 Å². The highest BCUT2D eigenvalue weighted by Gasteiger charge is 2.34. The minimum absolute atomic E-state index is 0.0194. The average molecular weight is 855 g/mol. The van der Waals surface area contributed by atoms with Gasteiger partial charge in [-0.15, -0.1) is 0 Å². The fourth-order valence-electron chi connectivity index (χ4n) is 6.64. The Morgan fingerprint density at radius 1 is 0.383 bits per heavy atom. The van der Waals surface area contributed by atoms with Gasteiger partial charge in [-0.25, -0.2) is 4.79 Å². The molecule has 348 valence electrons. The van der Waals surface area contributed by atoms with Crippen LogP contribution in [0.5, 0.6) is 0 Å². The number of nitrogens with one attached hydrogen (secondary N) is 6. The molecule has 0 radical (unpaired) electrons. The molecule has 7 unspecified atom stereocenters. The van der Waals surface area contributed by atoms with Gasteiger partial charge in [0.1, 0.15) is 36.3 Å². The Labute approximate surface area is 358 Å². The van der Waals surface area contributed by atoms with Crippen molar-refractivity contribution in [2.45, 2.75) is 181 Å². The van der Waals surface area contributed by atoms with E-state index in [4.69, 9.17) is 22.9 Å². The van der Waals surface area contributed by atoms with E-state index in [1.165, 1.54) is 0 Å². The quantitative estimate of drug-likeness (QED) is 0.0410. The first-order chi connectivity index (χ1) is 28.2. The van der Waals surface area contributed by atoms with E-state index in [2.05, 4.69) is 31.9 Å². The van der Waals surface area contributed by atoms with Gasteiger partial charge in [0, 0.05) is 0 Å². The van der Waals surface area contributed by atoms with Gasteiger partial charge in [-0.3, -0.25) is 28.8 Å². The van der Waals surface area contributed by atoms with E-state index in [1.807, 2.05) is 55.4 Å². The van der Waals surface area contributed by atoms with Gasteiger partial charge in [0.05, 0.1) is 6.04 Å². The summed E-state index contributed by atoms with van der Waals surface area (Å²) in [5, 5.41) is 26.2. The third-order valence-corrected chi connectivity index (χ3v) is 9.80. The summed E-state index contributed by atoms with van der Waals surface area (Å²) in [7, 11) is 0. The summed E-state index contributed by atoms with van der Waals surface area (Å²) in [6, 6.07) is -7.37. The molecule has 0 saturated heterocycles. The van der Waals surface area contributed by atoms with Crippen LogP contribution in [0.1, 0.15) is 139 Å². The minimum Gasteiger partial charge on any atom is -0.480 e. The lowest BCUT2D eigenvalue weighted by atomic mass is 9.98. The number of carboxylic acid groups (broad SMARTS) is 1. The standard InChI is InChI=1S/C42H82N10O8/c1-25(2)21-29(46)36(53)47-30(15-9-12-18-43)37(54)48-31(16-10-13-19-44)38(55)50-34(23-27(5)6)41(58)51-33(22-26(3)4)40(57)49-32(17-11-14-20-45)39(56)52-35(42(59)60)24-28(7)8/h25-35H,9-24,43-46H2,1-8H3,(H,47,53)(H,48,54)(H,49,57)(H,50,55)(H,51,58)(H,52,56)(H,59,60). The van der Waals surface area contributed by atoms with Crippen LogP contribution < -0.4 is 54.8 Å². The van der Waals surface area contributed by atoms with Crippen LogP contribution in [0, 0.1) is 23.7 Å². The zero-order valence-corrected chi connectivity index (χ0v) is 37.8. The SMILES string of the molecule is CC(C)CC(N)C(=O)NC(CCCCN)C(=O)NC(CCCCN)C(=O)NC(CC(C)C)C(=O)NC(CC(C)C)C(=O)NC(CCCCN)C(=O)NC(CC(C)C)C(=O)O. The number of carbonyl (C=O) groups is 7. The van der Waals surface area contributed by atoms with Crippen LogP contribution in [0.2, 0.25) is 0 Å². The molecule has 15 N–H and O–H groups in total. The fraction of sp³-hybridized carbons (Fsp3) is 0.833. The van der Waals surface area contributed by atoms with E-state index in [1.54, 1.807) is 0 Å². The number of carboxylic acids is 1. The van der Waals surface area contributed by atoms with Gasteiger partial charge in [-0.2, -0.15) is 0 Å². The Bertz CT molecular complexity index is 1320. The minimum atomic E-state index is -1.19. The summed E-state index contributed by atoms with van der Waals surface area (Å²) in [5.74, 6) is -4.83. The third kappa shape index (κ3) is 24.4. The number of amides is 6. The zero-order chi connectivity index (χ0) is 45.9. The lowest BCUT2D eigenvalue weighted by Crippen LogP contribution is -2.60. The molecule has 60 heavy (non-hydrogen) atoms. The molecule has 0 bridgehead atoms. The van der Waals surface area contributed by atoms with Gasteiger partial charge in [0.15, 0.2) is 0 Å². The van der Waals surface area contributed by atoms with E-state index in [-0.39, 0.29) is 62.2 Å². The van der Waals surface area contributed by atoms with Crippen LogP contribution >= 0.6 is 0 Å². The molecule has 0 aliphatic heterocycles. The maximum atomic E-state index is 14.0. The summed E-state index contributed by atoms with van der Waals surface area (Å²) < 4.78 is 0. The van der Waals surface area contributed by atoms with Crippen molar-refractivity contribution in [3.05, 3.63) is 0 Å². The highest BCUT2D eigenvalue weighted by molar-refractivity contribution is 5.97. The number of rotatable bonds is 33. The van der Waals surface area contributed by atoms with Crippen molar-refractivity contribution < 1.29 is 38.7 Å². The number of nitrogens with two attached hydrogens (primary N) is 4.